The Morgan fingerprint density at radius 2 is 2.08 bits per heavy atom. The molecule has 1 aliphatic rings. The number of carboxylic acid groups (broad SMARTS) is 1. The van der Waals surface area contributed by atoms with Crippen LogP contribution in [0.4, 0.5) is 0 Å². The first-order chi connectivity index (χ1) is 5.71. The Labute approximate surface area is 76.7 Å². The number of hydrogen-bond donors (Lipinski definition) is 1. The molecule has 0 bridgehead atoms. The minimum Gasteiger partial charge on any atom is -0.479 e. The van der Waals surface area contributed by atoms with Crippen LogP contribution >= 0.6 is 11.6 Å². The third-order valence-electron chi connectivity index (χ3n) is 2.26. The molecule has 0 spiro atoms. The average Bonchev–Trinajstić information content (AvgIpc) is 2.50. The number of ether oxygens (including phenoxy) is 1. The van der Waals surface area contributed by atoms with Crippen LogP contribution in [0.3, 0.4) is 0 Å². The van der Waals surface area contributed by atoms with Gasteiger partial charge in [0.1, 0.15) is 0 Å². The fourth-order valence-corrected chi connectivity index (χ4v) is 1.68. The molecule has 0 aromatic rings. The third kappa shape index (κ3) is 1.90. The molecule has 0 heterocycles. The van der Waals surface area contributed by atoms with E-state index in [-0.39, 0.29) is 0 Å². The van der Waals surface area contributed by atoms with Gasteiger partial charge in [0.15, 0.2) is 5.60 Å². The van der Waals surface area contributed by atoms with E-state index in [0.717, 1.165) is 12.8 Å². The summed E-state index contributed by atoms with van der Waals surface area (Å²) in [4.78, 5) is 10.9. The highest BCUT2D eigenvalue weighted by Crippen LogP contribution is 2.33. The minimum absolute atomic E-state index is 0.327. The molecule has 1 fully saturated rings. The topological polar surface area (TPSA) is 46.5 Å². The van der Waals surface area contributed by atoms with Gasteiger partial charge in [0.05, 0.1) is 6.61 Å². The van der Waals surface area contributed by atoms with Crippen LogP contribution in [0.2, 0.25) is 0 Å². The maximum Gasteiger partial charge on any atom is 0.335 e. The van der Waals surface area contributed by atoms with Crippen molar-refractivity contribution >= 4 is 17.6 Å². The summed E-state index contributed by atoms with van der Waals surface area (Å²) >= 11 is 5.43. The molecule has 3 nitrogen and oxygen atoms in total. The number of rotatable bonds is 4. The summed E-state index contributed by atoms with van der Waals surface area (Å²) < 4.78 is 5.27. The van der Waals surface area contributed by atoms with E-state index < -0.39 is 11.6 Å². The van der Waals surface area contributed by atoms with Gasteiger partial charge in [-0.15, -0.1) is 11.6 Å². The average molecular weight is 193 g/mol. The van der Waals surface area contributed by atoms with Gasteiger partial charge in [-0.3, -0.25) is 0 Å². The van der Waals surface area contributed by atoms with Crippen molar-refractivity contribution in [3.63, 3.8) is 0 Å². The largest absolute Gasteiger partial charge is 0.479 e. The van der Waals surface area contributed by atoms with E-state index in [1.807, 2.05) is 0 Å². The summed E-state index contributed by atoms with van der Waals surface area (Å²) in [5, 5.41) is 8.92. The number of aliphatic carboxylic acids is 1. The Morgan fingerprint density at radius 1 is 1.50 bits per heavy atom. The van der Waals surface area contributed by atoms with Gasteiger partial charge < -0.3 is 9.84 Å². The van der Waals surface area contributed by atoms with Crippen LogP contribution in [0, 0.1) is 0 Å². The smallest absolute Gasteiger partial charge is 0.335 e. The summed E-state index contributed by atoms with van der Waals surface area (Å²) in [6.45, 7) is 0.327. The molecule has 0 radical (unpaired) electrons. The lowest BCUT2D eigenvalue weighted by atomic mass is 10.0. The first-order valence-corrected chi connectivity index (χ1v) is 4.68. The molecule has 0 amide bonds. The SMILES string of the molecule is O=C(O)C1(OCCCl)CCCC1. The lowest BCUT2D eigenvalue weighted by Gasteiger charge is -2.23. The van der Waals surface area contributed by atoms with Gasteiger partial charge in [-0.1, -0.05) is 0 Å². The van der Waals surface area contributed by atoms with Crippen molar-refractivity contribution in [3.8, 4) is 0 Å². The lowest BCUT2D eigenvalue weighted by Crippen LogP contribution is -2.39. The summed E-state index contributed by atoms with van der Waals surface area (Å²) in [6.07, 6.45) is 3.13. The van der Waals surface area contributed by atoms with Crippen molar-refractivity contribution in [1.29, 1.82) is 0 Å². The fraction of sp³-hybridized carbons (Fsp3) is 0.875. The van der Waals surface area contributed by atoms with Crippen molar-refractivity contribution in [2.24, 2.45) is 0 Å². The van der Waals surface area contributed by atoms with Crippen LogP contribution in [0.15, 0.2) is 0 Å². The number of carboxylic acids is 1. The molecule has 1 N–H and O–H groups in total. The summed E-state index contributed by atoms with van der Waals surface area (Å²) in [6, 6.07) is 0. The predicted octanol–water partition coefficient (Wildman–Crippen LogP) is 1.64. The Morgan fingerprint density at radius 3 is 2.50 bits per heavy atom. The third-order valence-corrected chi connectivity index (χ3v) is 2.41. The molecule has 1 saturated carbocycles. The maximum absolute atomic E-state index is 10.9. The highest BCUT2D eigenvalue weighted by molar-refractivity contribution is 6.18. The van der Waals surface area contributed by atoms with Gasteiger partial charge in [-0.2, -0.15) is 0 Å². The zero-order valence-corrected chi connectivity index (χ0v) is 7.64. The minimum atomic E-state index is -0.922. The molecule has 4 heteroatoms. The quantitative estimate of drug-likeness (QED) is 0.689. The van der Waals surface area contributed by atoms with Crippen LogP contribution in [0.25, 0.3) is 0 Å². The Balaban J connectivity index is 2.53. The molecule has 0 atom stereocenters. The zero-order valence-electron chi connectivity index (χ0n) is 6.88. The van der Waals surface area contributed by atoms with Gasteiger partial charge in [0, 0.05) is 5.88 Å². The monoisotopic (exact) mass is 192 g/mol. The van der Waals surface area contributed by atoms with Crippen molar-refractivity contribution < 1.29 is 14.6 Å². The van der Waals surface area contributed by atoms with E-state index in [0.29, 0.717) is 25.3 Å². The van der Waals surface area contributed by atoms with E-state index in [9.17, 15) is 4.79 Å². The molecule has 1 aliphatic carbocycles. The highest BCUT2D eigenvalue weighted by Gasteiger charge is 2.42. The van der Waals surface area contributed by atoms with Gasteiger partial charge in [-0.05, 0) is 25.7 Å². The molecule has 70 valence electrons. The van der Waals surface area contributed by atoms with E-state index in [4.69, 9.17) is 21.4 Å². The molecule has 0 aromatic carbocycles. The van der Waals surface area contributed by atoms with E-state index in [1.165, 1.54) is 0 Å². The second-order valence-electron chi connectivity index (χ2n) is 3.04. The standard InChI is InChI=1S/C8H13ClO3/c9-5-6-12-8(7(10)11)3-1-2-4-8/h1-6H2,(H,10,11). The second kappa shape index (κ2) is 4.10. The number of halogens is 1. The summed E-state index contributed by atoms with van der Waals surface area (Å²) in [7, 11) is 0. The normalized spacial score (nSPS) is 21.1. The fourth-order valence-electron chi connectivity index (χ4n) is 1.60. The molecule has 0 unspecified atom stereocenters. The van der Waals surface area contributed by atoms with Crippen LogP contribution in [-0.4, -0.2) is 29.2 Å². The van der Waals surface area contributed by atoms with Gasteiger partial charge >= 0.3 is 5.97 Å². The van der Waals surface area contributed by atoms with Crippen LogP contribution in [0.5, 0.6) is 0 Å². The van der Waals surface area contributed by atoms with Crippen LogP contribution < -0.4 is 0 Å². The molecular weight excluding hydrogens is 180 g/mol. The van der Waals surface area contributed by atoms with E-state index in [1.54, 1.807) is 0 Å². The number of alkyl halides is 1. The van der Waals surface area contributed by atoms with Gasteiger partial charge in [0.25, 0.3) is 0 Å². The van der Waals surface area contributed by atoms with Gasteiger partial charge in [-0.25, -0.2) is 4.79 Å². The van der Waals surface area contributed by atoms with Gasteiger partial charge in [0.2, 0.25) is 0 Å². The first-order valence-electron chi connectivity index (χ1n) is 4.14. The molecule has 12 heavy (non-hydrogen) atoms. The van der Waals surface area contributed by atoms with E-state index >= 15 is 0 Å². The predicted molar refractivity (Wildman–Crippen MR) is 45.5 cm³/mol. The van der Waals surface area contributed by atoms with Crippen molar-refractivity contribution in [3.05, 3.63) is 0 Å². The molecule has 0 saturated heterocycles. The van der Waals surface area contributed by atoms with Crippen LogP contribution in [0.1, 0.15) is 25.7 Å². The summed E-state index contributed by atoms with van der Waals surface area (Å²) in [5.74, 6) is -0.486. The van der Waals surface area contributed by atoms with E-state index in [2.05, 4.69) is 0 Å². The summed E-state index contributed by atoms with van der Waals surface area (Å²) in [5.41, 5.74) is -0.922. The Kier molecular flexibility index (Phi) is 3.35. The van der Waals surface area contributed by atoms with Crippen molar-refractivity contribution in [2.75, 3.05) is 12.5 Å². The first kappa shape index (κ1) is 9.81. The molecule has 0 aromatic heterocycles. The maximum atomic E-state index is 10.9. The molecular formula is C8H13ClO3. The lowest BCUT2D eigenvalue weighted by molar-refractivity contribution is -0.164. The molecule has 0 aliphatic heterocycles. The molecule has 1 rings (SSSR count). The second-order valence-corrected chi connectivity index (χ2v) is 3.42. The van der Waals surface area contributed by atoms with Crippen molar-refractivity contribution in [1.82, 2.24) is 0 Å². The highest BCUT2D eigenvalue weighted by atomic mass is 35.5. The van der Waals surface area contributed by atoms with Crippen LogP contribution in [-0.2, 0) is 9.53 Å². The zero-order chi connectivity index (χ0) is 9.03. The Hall–Kier alpha value is -0.280. The van der Waals surface area contributed by atoms with Crippen molar-refractivity contribution in [2.45, 2.75) is 31.3 Å². The Bertz CT molecular complexity index is 164. The number of carbonyl (C=O) groups is 1. The number of hydrogen-bond acceptors (Lipinski definition) is 2.